The van der Waals surface area contributed by atoms with E-state index >= 15 is 0 Å². The van der Waals surface area contributed by atoms with Gasteiger partial charge >= 0.3 is 0 Å². The standard InChI is InChI=1S/C13H22N2O2/c1-10-13(17)15(9-7-12(16)14-10)8-6-11-4-2-3-5-11/h10-11H,2-9H2,1H3,(H,14,16). The van der Waals surface area contributed by atoms with Gasteiger partial charge in [0.2, 0.25) is 11.8 Å². The van der Waals surface area contributed by atoms with E-state index in [1.54, 1.807) is 6.92 Å². The zero-order valence-corrected chi connectivity index (χ0v) is 10.6. The number of nitrogens with one attached hydrogen (secondary N) is 1. The molecule has 1 aliphatic heterocycles. The maximum absolute atomic E-state index is 12.0. The molecule has 1 unspecified atom stereocenters. The number of amides is 2. The zero-order chi connectivity index (χ0) is 12.3. The fraction of sp³-hybridized carbons (Fsp3) is 0.846. The van der Waals surface area contributed by atoms with E-state index in [-0.39, 0.29) is 17.9 Å². The largest absolute Gasteiger partial charge is 0.345 e. The number of rotatable bonds is 3. The van der Waals surface area contributed by atoms with Gasteiger partial charge in [0.25, 0.3) is 0 Å². The van der Waals surface area contributed by atoms with Crippen LogP contribution >= 0.6 is 0 Å². The molecule has 0 spiro atoms. The summed E-state index contributed by atoms with van der Waals surface area (Å²) in [5.74, 6) is 0.869. The first-order valence-electron chi connectivity index (χ1n) is 6.75. The summed E-state index contributed by atoms with van der Waals surface area (Å²) in [6, 6.07) is -0.353. The molecular formula is C13H22N2O2. The molecule has 4 nitrogen and oxygen atoms in total. The molecule has 0 aromatic rings. The van der Waals surface area contributed by atoms with Crippen molar-refractivity contribution in [3.63, 3.8) is 0 Å². The Morgan fingerprint density at radius 3 is 2.71 bits per heavy atom. The second kappa shape index (κ2) is 5.52. The van der Waals surface area contributed by atoms with Crippen molar-refractivity contribution < 1.29 is 9.59 Å². The molecular weight excluding hydrogens is 216 g/mol. The summed E-state index contributed by atoms with van der Waals surface area (Å²) in [5, 5.41) is 2.72. The predicted octanol–water partition coefficient (Wildman–Crippen LogP) is 1.30. The number of hydrogen-bond acceptors (Lipinski definition) is 2. The third kappa shape index (κ3) is 3.20. The maximum atomic E-state index is 12.0. The molecule has 1 N–H and O–H groups in total. The van der Waals surface area contributed by atoms with Gasteiger partial charge in [0.05, 0.1) is 0 Å². The Balaban J connectivity index is 1.85. The maximum Gasteiger partial charge on any atom is 0.244 e. The summed E-state index contributed by atoms with van der Waals surface area (Å²) in [7, 11) is 0. The highest BCUT2D eigenvalue weighted by Crippen LogP contribution is 2.27. The second-order valence-electron chi connectivity index (χ2n) is 5.30. The van der Waals surface area contributed by atoms with Gasteiger partial charge in [0, 0.05) is 19.5 Å². The summed E-state index contributed by atoms with van der Waals surface area (Å²) in [6.45, 7) is 3.18. The molecule has 1 atom stereocenters. The number of nitrogens with zero attached hydrogens (tertiary/aromatic N) is 1. The average Bonchev–Trinajstić information content (AvgIpc) is 2.77. The first-order valence-corrected chi connectivity index (χ1v) is 6.75. The van der Waals surface area contributed by atoms with E-state index in [4.69, 9.17) is 0 Å². The van der Waals surface area contributed by atoms with Crippen LogP contribution < -0.4 is 5.32 Å². The van der Waals surface area contributed by atoms with Crippen LogP contribution in [0.2, 0.25) is 0 Å². The lowest BCUT2D eigenvalue weighted by Crippen LogP contribution is -2.43. The van der Waals surface area contributed by atoms with E-state index in [9.17, 15) is 9.59 Å². The van der Waals surface area contributed by atoms with Crippen LogP contribution in [0.25, 0.3) is 0 Å². The minimum atomic E-state index is -0.353. The van der Waals surface area contributed by atoms with Gasteiger partial charge in [-0.1, -0.05) is 25.7 Å². The molecule has 2 fully saturated rings. The summed E-state index contributed by atoms with van der Waals surface area (Å²) in [5.41, 5.74) is 0. The summed E-state index contributed by atoms with van der Waals surface area (Å²) >= 11 is 0. The summed E-state index contributed by atoms with van der Waals surface area (Å²) in [6.07, 6.45) is 6.86. The van der Waals surface area contributed by atoms with Crippen molar-refractivity contribution in [1.29, 1.82) is 0 Å². The highest BCUT2D eigenvalue weighted by Gasteiger charge is 2.27. The molecule has 1 saturated heterocycles. The molecule has 0 aromatic carbocycles. The van der Waals surface area contributed by atoms with Crippen LogP contribution in [0, 0.1) is 5.92 Å². The molecule has 0 radical (unpaired) electrons. The molecule has 17 heavy (non-hydrogen) atoms. The van der Waals surface area contributed by atoms with Crippen molar-refractivity contribution in [3.8, 4) is 0 Å². The third-order valence-electron chi connectivity index (χ3n) is 3.95. The molecule has 4 heteroatoms. The smallest absolute Gasteiger partial charge is 0.244 e. The molecule has 1 aliphatic carbocycles. The van der Waals surface area contributed by atoms with E-state index in [1.807, 2.05) is 4.90 Å². The zero-order valence-electron chi connectivity index (χ0n) is 10.6. The molecule has 96 valence electrons. The molecule has 2 rings (SSSR count). The van der Waals surface area contributed by atoms with E-state index in [0.29, 0.717) is 13.0 Å². The van der Waals surface area contributed by atoms with Crippen molar-refractivity contribution in [3.05, 3.63) is 0 Å². The van der Waals surface area contributed by atoms with Crippen molar-refractivity contribution in [1.82, 2.24) is 10.2 Å². The summed E-state index contributed by atoms with van der Waals surface area (Å²) < 4.78 is 0. The van der Waals surface area contributed by atoms with Gasteiger partial charge in [0.15, 0.2) is 0 Å². The van der Waals surface area contributed by atoms with Crippen molar-refractivity contribution in [2.45, 2.75) is 51.5 Å². The predicted molar refractivity (Wildman–Crippen MR) is 65.4 cm³/mol. The Morgan fingerprint density at radius 1 is 1.29 bits per heavy atom. The second-order valence-corrected chi connectivity index (χ2v) is 5.30. The molecule has 0 aromatic heterocycles. The Bertz CT molecular complexity index is 298. The topological polar surface area (TPSA) is 49.4 Å². The number of carbonyl (C=O) groups excluding carboxylic acids is 2. The van der Waals surface area contributed by atoms with Crippen LogP contribution in [0.5, 0.6) is 0 Å². The van der Waals surface area contributed by atoms with Gasteiger partial charge in [-0.25, -0.2) is 0 Å². The molecule has 1 saturated carbocycles. The lowest BCUT2D eigenvalue weighted by Gasteiger charge is -2.23. The van der Waals surface area contributed by atoms with Crippen LogP contribution in [0.3, 0.4) is 0 Å². The Morgan fingerprint density at radius 2 is 2.00 bits per heavy atom. The van der Waals surface area contributed by atoms with Crippen molar-refractivity contribution >= 4 is 11.8 Å². The summed E-state index contributed by atoms with van der Waals surface area (Å²) in [4.78, 5) is 25.2. The lowest BCUT2D eigenvalue weighted by atomic mass is 10.0. The highest BCUT2D eigenvalue weighted by atomic mass is 16.2. The molecule has 2 aliphatic rings. The van der Waals surface area contributed by atoms with Crippen LogP contribution in [0.15, 0.2) is 0 Å². The number of hydrogen-bond donors (Lipinski definition) is 1. The fourth-order valence-corrected chi connectivity index (χ4v) is 2.86. The number of carbonyl (C=O) groups is 2. The van der Waals surface area contributed by atoms with Crippen molar-refractivity contribution in [2.75, 3.05) is 13.1 Å². The van der Waals surface area contributed by atoms with Crippen LogP contribution in [0.4, 0.5) is 0 Å². The average molecular weight is 238 g/mol. The minimum absolute atomic E-state index is 0.00536. The van der Waals surface area contributed by atoms with Gasteiger partial charge in [-0.15, -0.1) is 0 Å². The minimum Gasteiger partial charge on any atom is -0.345 e. The molecule has 2 amide bonds. The normalized spacial score (nSPS) is 27.1. The van der Waals surface area contributed by atoms with Gasteiger partial charge in [0.1, 0.15) is 6.04 Å². The highest BCUT2D eigenvalue weighted by molar-refractivity contribution is 5.89. The SMILES string of the molecule is CC1NC(=O)CCN(CCC2CCCC2)C1=O. The first kappa shape index (κ1) is 12.4. The van der Waals surface area contributed by atoms with Crippen LogP contribution in [-0.2, 0) is 9.59 Å². The Kier molecular flexibility index (Phi) is 4.02. The van der Waals surface area contributed by atoms with E-state index in [1.165, 1.54) is 25.7 Å². The quantitative estimate of drug-likeness (QED) is 0.805. The Labute approximate surface area is 103 Å². The van der Waals surface area contributed by atoms with Crippen LogP contribution in [-0.4, -0.2) is 35.8 Å². The van der Waals surface area contributed by atoms with Gasteiger partial charge in [-0.3, -0.25) is 9.59 Å². The van der Waals surface area contributed by atoms with E-state index < -0.39 is 0 Å². The lowest BCUT2D eigenvalue weighted by molar-refractivity contribution is -0.133. The van der Waals surface area contributed by atoms with Crippen LogP contribution in [0.1, 0.15) is 45.4 Å². The van der Waals surface area contributed by atoms with Gasteiger partial charge < -0.3 is 10.2 Å². The van der Waals surface area contributed by atoms with E-state index in [2.05, 4.69) is 5.32 Å². The third-order valence-corrected chi connectivity index (χ3v) is 3.95. The Hall–Kier alpha value is -1.06. The van der Waals surface area contributed by atoms with Gasteiger partial charge in [-0.05, 0) is 19.3 Å². The van der Waals surface area contributed by atoms with E-state index in [0.717, 1.165) is 18.9 Å². The monoisotopic (exact) mass is 238 g/mol. The molecule has 1 heterocycles. The van der Waals surface area contributed by atoms with Crippen molar-refractivity contribution in [2.24, 2.45) is 5.92 Å². The molecule has 0 bridgehead atoms. The fourth-order valence-electron chi connectivity index (χ4n) is 2.86. The van der Waals surface area contributed by atoms with Gasteiger partial charge in [-0.2, -0.15) is 0 Å². The first-order chi connectivity index (χ1) is 8.16.